The Labute approximate surface area is 169 Å². The van der Waals surface area contributed by atoms with E-state index >= 15 is 0 Å². The molecule has 0 unspecified atom stereocenters. The van der Waals surface area contributed by atoms with Crippen molar-refractivity contribution in [1.29, 1.82) is 0 Å². The Kier molecular flexibility index (Phi) is 5.21. The van der Waals surface area contributed by atoms with Crippen LogP contribution in [0.3, 0.4) is 0 Å². The van der Waals surface area contributed by atoms with Gasteiger partial charge >= 0.3 is 0 Å². The Balaban J connectivity index is 1.55. The molecule has 0 atom stereocenters. The minimum atomic E-state index is -0.407. The molecule has 29 heavy (non-hydrogen) atoms. The van der Waals surface area contributed by atoms with Crippen LogP contribution in [0.25, 0.3) is 10.9 Å². The van der Waals surface area contributed by atoms with Crippen molar-refractivity contribution in [3.8, 4) is 5.88 Å². The molecule has 0 saturated heterocycles. The fraction of sp³-hybridized carbons (Fsp3) is 0.100. The molecule has 8 nitrogen and oxygen atoms in total. The predicted molar refractivity (Wildman–Crippen MR) is 110 cm³/mol. The molecule has 0 radical (unpaired) electrons. The number of anilines is 1. The number of amides is 2. The van der Waals surface area contributed by atoms with Gasteiger partial charge in [-0.05, 0) is 41.8 Å². The van der Waals surface area contributed by atoms with Crippen LogP contribution >= 0.6 is 11.3 Å². The van der Waals surface area contributed by atoms with Gasteiger partial charge in [0.05, 0.1) is 19.2 Å². The van der Waals surface area contributed by atoms with Crippen LogP contribution < -0.4 is 15.4 Å². The summed E-state index contributed by atoms with van der Waals surface area (Å²) in [5.74, 6) is -0.0640. The number of H-pyrrole nitrogens is 1. The topological polar surface area (TPSA) is 109 Å². The molecule has 2 amide bonds. The van der Waals surface area contributed by atoms with E-state index in [2.05, 4.69) is 25.8 Å². The lowest BCUT2D eigenvalue weighted by molar-refractivity contribution is 0.0950. The number of rotatable bonds is 6. The van der Waals surface area contributed by atoms with Crippen molar-refractivity contribution in [3.63, 3.8) is 0 Å². The highest BCUT2D eigenvalue weighted by Gasteiger charge is 2.17. The van der Waals surface area contributed by atoms with Crippen LogP contribution in [0.1, 0.15) is 25.6 Å². The number of carbonyl (C=O) groups excluding carboxylic acids is 2. The van der Waals surface area contributed by atoms with E-state index in [1.165, 1.54) is 7.11 Å². The van der Waals surface area contributed by atoms with Gasteiger partial charge in [0, 0.05) is 22.0 Å². The highest BCUT2D eigenvalue weighted by atomic mass is 32.1. The number of aromatic nitrogens is 3. The molecule has 0 spiro atoms. The van der Waals surface area contributed by atoms with E-state index in [9.17, 15) is 9.59 Å². The van der Waals surface area contributed by atoms with Gasteiger partial charge in [0.1, 0.15) is 5.56 Å². The number of ether oxygens (including phenoxy) is 1. The molecular weight excluding hydrogens is 390 g/mol. The lowest BCUT2D eigenvalue weighted by Gasteiger charge is -2.07. The van der Waals surface area contributed by atoms with Gasteiger partial charge in [-0.1, -0.05) is 6.07 Å². The number of nitrogens with zero attached hydrogens (tertiary/aromatic N) is 2. The van der Waals surface area contributed by atoms with E-state index in [-0.39, 0.29) is 17.4 Å². The van der Waals surface area contributed by atoms with Gasteiger partial charge in [-0.15, -0.1) is 11.3 Å². The zero-order chi connectivity index (χ0) is 20.2. The number of hydrogen-bond acceptors (Lipinski definition) is 6. The molecule has 4 aromatic rings. The zero-order valence-corrected chi connectivity index (χ0v) is 16.2. The van der Waals surface area contributed by atoms with Crippen LogP contribution in [0.5, 0.6) is 5.88 Å². The van der Waals surface area contributed by atoms with E-state index in [1.54, 1.807) is 47.9 Å². The number of nitrogens with one attached hydrogen (secondary N) is 3. The fourth-order valence-electron chi connectivity index (χ4n) is 2.83. The highest BCUT2D eigenvalue weighted by Crippen LogP contribution is 2.24. The zero-order valence-electron chi connectivity index (χ0n) is 15.4. The number of benzene rings is 1. The number of thiophene rings is 1. The standard InChI is InChI=1S/C20H17N5O3S/c1-28-20-14(5-2-8-21-20)19(27)23-17-15-10-12(6-7-16(15)24-25-17)18(26)22-11-13-4-3-9-29-13/h2-10H,11H2,1H3,(H,22,26)(H2,23,24,25,27). The van der Waals surface area contributed by atoms with Gasteiger partial charge in [-0.2, -0.15) is 5.10 Å². The summed E-state index contributed by atoms with van der Waals surface area (Å²) in [6, 6.07) is 12.3. The highest BCUT2D eigenvalue weighted by molar-refractivity contribution is 7.09. The van der Waals surface area contributed by atoms with E-state index in [0.29, 0.717) is 28.8 Å². The molecular formula is C20H17N5O3S. The third-order valence-electron chi connectivity index (χ3n) is 4.27. The molecule has 3 N–H and O–H groups in total. The summed E-state index contributed by atoms with van der Waals surface area (Å²) in [6.07, 6.45) is 1.54. The SMILES string of the molecule is COc1ncccc1C(=O)Nc1n[nH]c2ccc(C(=O)NCc3cccs3)cc12. The van der Waals surface area contributed by atoms with Crippen LogP contribution in [0.4, 0.5) is 5.82 Å². The molecule has 0 bridgehead atoms. The second kappa shape index (κ2) is 8.11. The smallest absolute Gasteiger partial charge is 0.262 e. The van der Waals surface area contributed by atoms with E-state index in [4.69, 9.17) is 4.74 Å². The minimum absolute atomic E-state index is 0.201. The molecule has 0 saturated carbocycles. The lowest BCUT2D eigenvalue weighted by Crippen LogP contribution is -2.22. The second-order valence-corrected chi connectivity index (χ2v) is 7.14. The van der Waals surface area contributed by atoms with E-state index in [1.807, 2.05) is 17.5 Å². The van der Waals surface area contributed by atoms with Gasteiger partial charge in [0.25, 0.3) is 11.8 Å². The van der Waals surface area contributed by atoms with Crippen molar-refractivity contribution in [2.75, 3.05) is 12.4 Å². The number of aromatic amines is 1. The number of methoxy groups -OCH3 is 1. The Bertz CT molecular complexity index is 1170. The van der Waals surface area contributed by atoms with Crippen molar-refractivity contribution in [3.05, 3.63) is 70.0 Å². The van der Waals surface area contributed by atoms with Crippen molar-refractivity contribution in [1.82, 2.24) is 20.5 Å². The lowest BCUT2D eigenvalue weighted by atomic mass is 10.1. The first-order valence-corrected chi connectivity index (χ1v) is 9.62. The number of pyridine rings is 1. The van der Waals surface area contributed by atoms with Crippen molar-refractivity contribution >= 4 is 39.9 Å². The molecule has 0 aliphatic heterocycles. The molecule has 9 heteroatoms. The van der Waals surface area contributed by atoms with Crippen molar-refractivity contribution in [2.45, 2.75) is 6.54 Å². The molecule has 4 rings (SSSR count). The van der Waals surface area contributed by atoms with Crippen molar-refractivity contribution < 1.29 is 14.3 Å². The summed E-state index contributed by atoms with van der Waals surface area (Å²) in [5, 5.41) is 15.2. The van der Waals surface area contributed by atoms with Crippen LogP contribution in [0, 0.1) is 0 Å². The maximum absolute atomic E-state index is 12.6. The Morgan fingerprint density at radius 2 is 2.07 bits per heavy atom. The first-order chi connectivity index (χ1) is 14.2. The number of carbonyl (C=O) groups is 2. The first-order valence-electron chi connectivity index (χ1n) is 8.75. The summed E-state index contributed by atoms with van der Waals surface area (Å²) in [5.41, 5.74) is 1.47. The summed E-state index contributed by atoms with van der Waals surface area (Å²) >= 11 is 1.58. The Morgan fingerprint density at radius 1 is 1.17 bits per heavy atom. The average Bonchev–Trinajstić information content (AvgIpc) is 3.41. The third-order valence-corrected chi connectivity index (χ3v) is 5.15. The number of fused-ring (bicyclic) bond motifs is 1. The van der Waals surface area contributed by atoms with Crippen molar-refractivity contribution in [2.24, 2.45) is 0 Å². The molecule has 146 valence electrons. The third kappa shape index (κ3) is 3.94. The first kappa shape index (κ1) is 18.6. The molecule has 1 aromatic carbocycles. The van der Waals surface area contributed by atoms with E-state index < -0.39 is 5.91 Å². The Hall–Kier alpha value is -3.72. The monoisotopic (exact) mass is 407 g/mol. The quantitative estimate of drug-likeness (QED) is 0.455. The van der Waals surface area contributed by atoms with Crippen LogP contribution in [-0.4, -0.2) is 34.1 Å². The summed E-state index contributed by atoms with van der Waals surface area (Å²) in [6.45, 7) is 0.463. The fourth-order valence-corrected chi connectivity index (χ4v) is 3.48. The summed E-state index contributed by atoms with van der Waals surface area (Å²) in [7, 11) is 1.45. The van der Waals surface area contributed by atoms with Crippen LogP contribution in [0.2, 0.25) is 0 Å². The maximum atomic E-state index is 12.6. The van der Waals surface area contributed by atoms with Gasteiger partial charge < -0.3 is 15.4 Å². The molecule has 3 heterocycles. The Morgan fingerprint density at radius 3 is 2.86 bits per heavy atom. The van der Waals surface area contributed by atoms with Gasteiger partial charge in [0.2, 0.25) is 5.88 Å². The van der Waals surface area contributed by atoms with Crippen LogP contribution in [-0.2, 0) is 6.54 Å². The normalized spacial score (nSPS) is 10.7. The van der Waals surface area contributed by atoms with E-state index in [0.717, 1.165) is 4.88 Å². The molecule has 3 aromatic heterocycles. The summed E-state index contributed by atoms with van der Waals surface area (Å²) in [4.78, 5) is 30.2. The molecule has 0 aliphatic carbocycles. The maximum Gasteiger partial charge on any atom is 0.262 e. The van der Waals surface area contributed by atoms with Gasteiger partial charge in [-0.25, -0.2) is 4.98 Å². The predicted octanol–water partition coefficient (Wildman–Crippen LogP) is 3.21. The van der Waals surface area contributed by atoms with Crippen LogP contribution in [0.15, 0.2) is 54.0 Å². The molecule has 0 fully saturated rings. The van der Waals surface area contributed by atoms with Gasteiger partial charge in [-0.3, -0.25) is 14.7 Å². The minimum Gasteiger partial charge on any atom is -0.480 e. The molecule has 0 aliphatic rings. The number of hydrogen-bond donors (Lipinski definition) is 3. The average molecular weight is 407 g/mol. The van der Waals surface area contributed by atoms with Gasteiger partial charge in [0.15, 0.2) is 5.82 Å². The largest absolute Gasteiger partial charge is 0.480 e. The second-order valence-electron chi connectivity index (χ2n) is 6.11. The summed E-state index contributed by atoms with van der Waals surface area (Å²) < 4.78 is 5.13.